The zero-order chi connectivity index (χ0) is 20.7. The number of nitrogens with zero attached hydrogens (tertiary/aromatic N) is 6. The lowest BCUT2D eigenvalue weighted by molar-refractivity contribution is 0.588. The highest BCUT2D eigenvalue weighted by molar-refractivity contribution is 5.85. The summed E-state index contributed by atoms with van der Waals surface area (Å²) < 4.78 is 2.11. The molecule has 4 aromatic heterocycles. The third-order valence-corrected chi connectivity index (χ3v) is 5.58. The second-order valence-electron chi connectivity index (χ2n) is 8.00. The maximum absolute atomic E-state index is 4.80. The highest BCUT2D eigenvalue weighted by Crippen LogP contribution is 2.24. The molecule has 0 aromatic carbocycles. The van der Waals surface area contributed by atoms with Gasteiger partial charge in [-0.05, 0) is 37.1 Å². The first kappa shape index (κ1) is 21.3. The number of nitrogens with one attached hydrogen (secondary N) is 2. The van der Waals surface area contributed by atoms with E-state index in [1.165, 1.54) is 5.69 Å². The van der Waals surface area contributed by atoms with Gasteiger partial charge in [-0.1, -0.05) is 13.8 Å². The molecule has 0 spiro atoms. The van der Waals surface area contributed by atoms with E-state index in [0.29, 0.717) is 11.9 Å². The van der Waals surface area contributed by atoms with E-state index < -0.39 is 0 Å². The Balaban J connectivity index is 0.00000231. The highest BCUT2D eigenvalue weighted by atomic mass is 35.5. The minimum absolute atomic E-state index is 0. The summed E-state index contributed by atoms with van der Waals surface area (Å²) in [5.74, 6) is 1.62. The van der Waals surface area contributed by atoms with Crippen LogP contribution in [0.3, 0.4) is 0 Å². The third kappa shape index (κ3) is 4.00. The van der Waals surface area contributed by atoms with Crippen LogP contribution in [0.15, 0.2) is 36.7 Å². The second kappa shape index (κ2) is 8.64. The van der Waals surface area contributed by atoms with Gasteiger partial charge in [0.15, 0.2) is 5.65 Å². The van der Waals surface area contributed by atoms with Crippen molar-refractivity contribution < 1.29 is 0 Å². The van der Waals surface area contributed by atoms with Crippen LogP contribution >= 0.6 is 12.4 Å². The van der Waals surface area contributed by atoms with Crippen LogP contribution in [0, 0.1) is 6.92 Å². The summed E-state index contributed by atoms with van der Waals surface area (Å²) in [5, 5.41) is 7.64. The molecule has 162 valence electrons. The standard InChI is InChI=1S/C22H26N8.ClH/c1-14(2)18-13-24-20-7-4-16-12-25-22(28-21(16)30(18)20)27-19-6-5-17(15(3)26-19)29-10-8-23-9-11-29;/h4-7,12-14,23H,8-11H2,1-3H3,(H,25,26,27,28);1H. The number of hydrogen-bond donors (Lipinski definition) is 2. The van der Waals surface area contributed by atoms with Crippen LogP contribution in [0.2, 0.25) is 0 Å². The fourth-order valence-electron chi connectivity index (χ4n) is 4.02. The number of hydrogen-bond acceptors (Lipinski definition) is 7. The average Bonchev–Trinajstić information content (AvgIpc) is 3.20. The number of aromatic nitrogens is 5. The van der Waals surface area contributed by atoms with Crippen LogP contribution in [0.4, 0.5) is 17.5 Å². The number of rotatable bonds is 4. The summed E-state index contributed by atoms with van der Waals surface area (Å²) in [7, 11) is 0. The summed E-state index contributed by atoms with van der Waals surface area (Å²) in [5.41, 5.74) is 5.06. The normalized spacial score (nSPS) is 14.3. The summed E-state index contributed by atoms with van der Waals surface area (Å²) in [6.07, 6.45) is 3.77. The van der Waals surface area contributed by atoms with Gasteiger partial charge in [0.05, 0.1) is 11.4 Å². The molecule has 4 aromatic rings. The first-order valence-electron chi connectivity index (χ1n) is 10.4. The number of aryl methyl sites for hydroxylation is 1. The van der Waals surface area contributed by atoms with Gasteiger partial charge in [-0.25, -0.2) is 15.0 Å². The van der Waals surface area contributed by atoms with Crippen molar-refractivity contribution in [2.75, 3.05) is 36.4 Å². The molecule has 1 aliphatic heterocycles. The van der Waals surface area contributed by atoms with Gasteiger partial charge >= 0.3 is 0 Å². The van der Waals surface area contributed by atoms with Gasteiger partial charge in [-0.3, -0.25) is 4.40 Å². The predicted octanol–water partition coefficient (Wildman–Crippen LogP) is 3.68. The van der Waals surface area contributed by atoms with Crippen molar-refractivity contribution in [1.29, 1.82) is 0 Å². The second-order valence-corrected chi connectivity index (χ2v) is 8.00. The van der Waals surface area contributed by atoms with Gasteiger partial charge in [0.1, 0.15) is 11.5 Å². The van der Waals surface area contributed by atoms with Crippen LogP contribution in [-0.2, 0) is 0 Å². The maximum atomic E-state index is 4.80. The quantitative estimate of drug-likeness (QED) is 0.502. The van der Waals surface area contributed by atoms with E-state index in [-0.39, 0.29) is 12.4 Å². The Hall–Kier alpha value is -2.97. The molecule has 0 radical (unpaired) electrons. The lowest BCUT2D eigenvalue weighted by Gasteiger charge is -2.30. The molecule has 0 atom stereocenters. The lowest BCUT2D eigenvalue weighted by Crippen LogP contribution is -2.43. The van der Waals surface area contributed by atoms with Crippen LogP contribution in [-0.4, -0.2) is 50.5 Å². The Labute approximate surface area is 187 Å². The molecule has 8 nitrogen and oxygen atoms in total. The molecular formula is C22H27ClN8. The summed E-state index contributed by atoms with van der Waals surface area (Å²) in [6, 6.07) is 8.14. The van der Waals surface area contributed by atoms with E-state index in [2.05, 4.69) is 49.8 Å². The number of imidazole rings is 1. The first-order valence-corrected chi connectivity index (χ1v) is 10.4. The molecule has 1 fully saturated rings. The predicted molar refractivity (Wildman–Crippen MR) is 127 cm³/mol. The summed E-state index contributed by atoms with van der Waals surface area (Å²) in [6.45, 7) is 10.4. The molecule has 31 heavy (non-hydrogen) atoms. The van der Waals surface area contributed by atoms with E-state index >= 15 is 0 Å². The van der Waals surface area contributed by atoms with Crippen molar-refractivity contribution >= 4 is 46.5 Å². The molecule has 9 heteroatoms. The van der Waals surface area contributed by atoms with E-state index in [4.69, 9.17) is 9.97 Å². The van der Waals surface area contributed by atoms with Gasteiger partial charge in [0.2, 0.25) is 5.95 Å². The fourth-order valence-corrected chi connectivity index (χ4v) is 4.02. The zero-order valence-corrected chi connectivity index (χ0v) is 18.8. The van der Waals surface area contributed by atoms with E-state index in [9.17, 15) is 0 Å². The van der Waals surface area contributed by atoms with Crippen LogP contribution in [0.1, 0.15) is 31.2 Å². The van der Waals surface area contributed by atoms with Crippen LogP contribution in [0.25, 0.3) is 16.7 Å². The van der Waals surface area contributed by atoms with Crippen LogP contribution < -0.4 is 15.5 Å². The van der Waals surface area contributed by atoms with Crippen molar-refractivity contribution in [3.63, 3.8) is 0 Å². The molecule has 0 bridgehead atoms. The summed E-state index contributed by atoms with van der Waals surface area (Å²) in [4.78, 5) is 20.9. The Morgan fingerprint density at radius 2 is 1.81 bits per heavy atom. The molecular weight excluding hydrogens is 412 g/mol. The monoisotopic (exact) mass is 438 g/mol. The molecule has 0 aliphatic carbocycles. The molecule has 5 rings (SSSR count). The Kier molecular flexibility index (Phi) is 5.93. The van der Waals surface area contributed by atoms with E-state index in [0.717, 1.165) is 60.1 Å². The Morgan fingerprint density at radius 3 is 2.55 bits per heavy atom. The molecule has 0 saturated carbocycles. The van der Waals surface area contributed by atoms with E-state index in [1.807, 2.05) is 37.5 Å². The third-order valence-electron chi connectivity index (χ3n) is 5.58. The number of halogens is 1. The largest absolute Gasteiger partial charge is 0.368 e. The van der Waals surface area contributed by atoms with Gasteiger partial charge in [-0.2, -0.15) is 4.98 Å². The minimum atomic E-state index is 0. The summed E-state index contributed by atoms with van der Waals surface area (Å²) >= 11 is 0. The Bertz CT molecular complexity index is 1210. The van der Waals surface area contributed by atoms with Gasteiger partial charge < -0.3 is 15.5 Å². The molecule has 2 N–H and O–H groups in total. The number of fused-ring (bicyclic) bond motifs is 3. The van der Waals surface area contributed by atoms with Crippen molar-refractivity contribution in [3.8, 4) is 0 Å². The number of pyridine rings is 2. The molecule has 0 unspecified atom stereocenters. The average molecular weight is 439 g/mol. The number of piperazine rings is 1. The Morgan fingerprint density at radius 1 is 1.00 bits per heavy atom. The van der Waals surface area contributed by atoms with Crippen molar-refractivity contribution in [2.24, 2.45) is 0 Å². The molecule has 0 amide bonds. The highest BCUT2D eigenvalue weighted by Gasteiger charge is 2.15. The molecule has 1 saturated heterocycles. The zero-order valence-electron chi connectivity index (χ0n) is 18.0. The molecule has 1 aliphatic rings. The van der Waals surface area contributed by atoms with Gasteiger partial charge in [0, 0.05) is 49.7 Å². The lowest BCUT2D eigenvalue weighted by atomic mass is 10.1. The SMILES string of the molecule is Cc1nc(Nc2ncc3ccc4ncc(C(C)C)n4c3n2)ccc1N1CCNCC1.Cl. The van der Waals surface area contributed by atoms with Gasteiger partial charge in [-0.15, -0.1) is 12.4 Å². The first-order chi connectivity index (χ1) is 14.6. The van der Waals surface area contributed by atoms with Crippen molar-refractivity contribution in [1.82, 2.24) is 29.7 Å². The van der Waals surface area contributed by atoms with Crippen LogP contribution in [0.5, 0.6) is 0 Å². The minimum Gasteiger partial charge on any atom is -0.368 e. The molecule has 5 heterocycles. The fraction of sp³-hybridized carbons (Fsp3) is 0.364. The van der Waals surface area contributed by atoms with Crippen molar-refractivity contribution in [2.45, 2.75) is 26.7 Å². The topological polar surface area (TPSA) is 83.3 Å². The maximum Gasteiger partial charge on any atom is 0.230 e. The number of anilines is 3. The van der Waals surface area contributed by atoms with Gasteiger partial charge in [0.25, 0.3) is 0 Å². The smallest absolute Gasteiger partial charge is 0.230 e. The van der Waals surface area contributed by atoms with E-state index in [1.54, 1.807) is 0 Å². The van der Waals surface area contributed by atoms with Crippen molar-refractivity contribution in [3.05, 3.63) is 48.0 Å².